The van der Waals surface area contributed by atoms with Crippen molar-refractivity contribution in [3.63, 3.8) is 0 Å². The number of hydrogen-bond acceptors (Lipinski definition) is 5. The Morgan fingerprint density at radius 1 is 1.50 bits per heavy atom. The Hall–Kier alpha value is -0.190. The Labute approximate surface area is 87.0 Å². The Bertz CT molecular complexity index is 341. The van der Waals surface area contributed by atoms with Crippen LogP contribution in [0.5, 0.6) is 0 Å². The predicted molar refractivity (Wildman–Crippen MR) is 55.6 cm³/mol. The molecule has 1 heterocycles. The van der Waals surface area contributed by atoms with E-state index in [9.17, 15) is 9.67 Å². The first-order chi connectivity index (χ1) is 6.55. The van der Waals surface area contributed by atoms with Crippen molar-refractivity contribution in [2.75, 3.05) is 14.2 Å². The molecule has 0 fully saturated rings. The third-order valence-corrected chi connectivity index (χ3v) is 5.07. The fraction of sp³-hybridized carbons (Fsp3) is 0.500. The molecule has 6 heteroatoms. The second kappa shape index (κ2) is 4.55. The molecule has 4 nitrogen and oxygen atoms in total. The van der Waals surface area contributed by atoms with Crippen molar-refractivity contribution in [3.8, 4) is 0 Å². The fourth-order valence-corrected chi connectivity index (χ4v) is 3.47. The van der Waals surface area contributed by atoms with Crippen LogP contribution in [-0.2, 0) is 13.6 Å². The molecule has 0 saturated heterocycles. The molecule has 1 aromatic rings. The van der Waals surface area contributed by atoms with Gasteiger partial charge >= 0.3 is 7.60 Å². The minimum absolute atomic E-state index is 0.622. The zero-order valence-electron chi connectivity index (χ0n) is 8.26. The van der Waals surface area contributed by atoms with Crippen molar-refractivity contribution in [1.82, 2.24) is 0 Å². The second-order valence-corrected chi connectivity index (χ2v) is 5.99. The molecule has 1 rings (SSSR count). The predicted octanol–water partition coefficient (Wildman–Crippen LogP) is 2.53. The zero-order valence-corrected chi connectivity index (χ0v) is 9.97. The van der Waals surface area contributed by atoms with E-state index in [0.29, 0.717) is 4.88 Å². The van der Waals surface area contributed by atoms with Crippen LogP contribution in [0.25, 0.3) is 0 Å². The average Bonchev–Trinajstić information content (AvgIpc) is 2.62. The maximum absolute atomic E-state index is 11.8. The quantitative estimate of drug-likeness (QED) is 0.816. The van der Waals surface area contributed by atoms with Crippen molar-refractivity contribution in [3.05, 3.63) is 21.9 Å². The first-order valence-electron chi connectivity index (χ1n) is 3.98. The molecule has 1 N–H and O–H groups in total. The van der Waals surface area contributed by atoms with E-state index in [1.807, 2.05) is 18.4 Å². The summed E-state index contributed by atoms with van der Waals surface area (Å²) in [5.41, 5.74) is 0.886. The van der Waals surface area contributed by atoms with E-state index in [-0.39, 0.29) is 0 Å². The molecule has 0 amide bonds. The average molecular weight is 236 g/mol. The van der Waals surface area contributed by atoms with Crippen LogP contribution in [0, 0.1) is 6.92 Å². The van der Waals surface area contributed by atoms with Crippen LogP contribution in [0.2, 0.25) is 0 Å². The van der Waals surface area contributed by atoms with Gasteiger partial charge < -0.3 is 14.2 Å². The van der Waals surface area contributed by atoms with Gasteiger partial charge in [-0.25, -0.2) is 0 Å². The highest BCUT2D eigenvalue weighted by Gasteiger charge is 2.35. The minimum Gasteiger partial charge on any atom is -0.376 e. The summed E-state index contributed by atoms with van der Waals surface area (Å²) in [4.78, 5) is 0.622. The Kier molecular flexibility index (Phi) is 3.86. The van der Waals surface area contributed by atoms with Gasteiger partial charge in [0.25, 0.3) is 0 Å². The van der Waals surface area contributed by atoms with Crippen LogP contribution in [0.3, 0.4) is 0 Å². The van der Waals surface area contributed by atoms with Gasteiger partial charge in [-0.2, -0.15) is 0 Å². The van der Waals surface area contributed by atoms with Crippen LogP contribution in [0.15, 0.2) is 11.4 Å². The van der Waals surface area contributed by atoms with E-state index in [1.165, 1.54) is 25.6 Å². The number of aliphatic hydroxyl groups excluding tert-OH is 1. The number of aryl methyl sites for hydroxylation is 1. The fourth-order valence-electron chi connectivity index (χ4n) is 1.07. The molecule has 1 aromatic heterocycles. The lowest BCUT2D eigenvalue weighted by atomic mass is 10.3. The first kappa shape index (κ1) is 11.9. The molecular weight excluding hydrogens is 223 g/mol. The molecule has 0 saturated carbocycles. The molecule has 0 spiro atoms. The summed E-state index contributed by atoms with van der Waals surface area (Å²) in [7, 11) is -0.901. The smallest absolute Gasteiger partial charge is 0.363 e. The van der Waals surface area contributed by atoms with Gasteiger partial charge in [-0.3, -0.25) is 4.57 Å². The third-order valence-electron chi connectivity index (χ3n) is 1.94. The van der Waals surface area contributed by atoms with E-state index in [0.717, 1.165) is 5.56 Å². The lowest BCUT2D eigenvalue weighted by Crippen LogP contribution is -2.01. The van der Waals surface area contributed by atoms with E-state index in [4.69, 9.17) is 9.05 Å². The SMILES string of the molecule is COP(=O)(OC)C(O)c1sccc1C. The molecule has 14 heavy (non-hydrogen) atoms. The summed E-state index contributed by atoms with van der Waals surface area (Å²) >= 11 is 1.33. The van der Waals surface area contributed by atoms with Crippen LogP contribution in [0.1, 0.15) is 16.3 Å². The second-order valence-electron chi connectivity index (χ2n) is 2.75. The summed E-state index contributed by atoms with van der Waals surface area (Å²) < 4.78 is 21.2. The molecule has 1 unspecified atom stereocenters. The van der Waals surface area contributed by atoms with Crippen molar-refractivity contribution < 1.29 is 18.7 Å². The first-order valence-corrected chi connectivity index (χ1v) is 6.47. The molecule has 0 aliphatic rings. The van der Waals surface area contributed by atoms with Gasteiger partial charge in [-0.15, -0.1) is 11.3 Å². The summed E-state index contributed by atoms with van der Waals surface area (Å²) in [6.07, 6.45) is 0. The van der Waals surface area contributed by atoms with E-state index in [1.54, 1.807) is 0 Å². The molecule has 0 aliphatic carbocycles. The van der Waals surface area contributed by atoms with E-state index < -0.39 is 13.4 Å². The highest BCUT2D eigenvalue weighted by atomic mass is 32.1. The van der Waals surface area contributed by atoms with Gasteiger partial charge in [-0.05, 0) is 23.9 Å². The maximum atomic E-state index is 11.8. The lowest BCUT2D eigenvalue weighted by molar-refractivity contribution is 0.178. The monoisotopic (exact) mass is 236 g/mol. The van der Waals surface area contributed by atoms with Crippen LogP contribution >= 0.6 is 18.9 Å². The Balaban J connectivity index is 3.01. The number of hydrogen-bond donors (Lipinski definition) is 1. The summed E-state index contributed by atoms with van der Waals surface area (Å²) in [5, 5.41) is 11.6. The molecule has 80 valence electrons. The van der Waals surface area contributed by atoms with Gasteiger partial charge in [-0.1, -0.05) is 0 Å². The third kappa shape index (κ3) is 2.07. The minimum atomic E-state index is -3.42. The van der Waals surface area contributed by atoms with Crippen LogP contribution in [0.4, 0.5) is 0 Å². The number of thiophene rings is 1. The number of rotatable bonds is 4. The lowest BCUT2D eigenvalue weighted by Gasteiger charge is -2.19. The summed E-state index contributed by atoms with van der Waals surface area (Å²) in [6.45, 7) is 1.84. The highest BCUT2D eigenvalue weighted by molar-refractivity contribution is 7.54. The van der Waals surface area contributed by atoms with E-state index >= 15 is 0 Å². The Morgan fingerprint density at radius 2 is 2.07 bits per heavy atom. The molecule has 0 aromatic carbocycles. The highest BCUT2D eigenvalue weighted by Crippen LogP contribution is 2.59. The molecule has 1 atom stereocenters. The number of aliphatic hydroxyl groups is 1. The Morgan fingerprint density at radius 3 is 2.43 bits per heavy atom. The van der Waals surface area contributed by atoms with Crippen molar-refractivity contribution in [1.29, 1.82) is 0 Å². The van der Waals surface area contributed by atoms with Crippen molar-refractivity contribution >= 4 is 18.9 Å². The molecule has 0 radical (unpaired) electrons. The molecular formula is C8H13O4PS. The molecule has 0 bridgehead atoms. The van der Waals surface area contributed by atoms with E-state index in [2.05, 4.69) is 0 Å². The maximum Gasteiger partial charge on any atom is 0.363 e. The largest absolute Gasteiger partial charge is 0.376 e. The normalized spacial score (nSPS) is 14.3. The van der Waals surface area contributed by atoms with Gasteiger partial charge in [0.05, 0.1) is 0 Å². The van der Waals surface area contributed by atoms with Gasteiger partial charge in [0.15, 0.2) is 5.85 Å². The topological polar surface area (TPSA) is 55.8 Å². The van der Waals surface area contributed by atoms with Crippen molar-refractivity contribution in [2.45, 2.75) is 12.8 Å². The van der Waals surface area contributed by atoms with Gasteiger partial charge in [0.2, 0.25) is 0 Å². The zero-order chi connectivity index (χ0) is 10.8. The van der Waals surface area contributed by atoms with Crippen molar-refractivity contribution in [2.24, 2.45) is 0 Å². The molecule has 0 aliphatic heterocycles. The van der Waals surface area contributed by atoms with Crippen LogP contribution in [-0.4, -0.2) is 19.3 Å². The standard InChI is InChI=1S/C8H13O4PS/c1-6-4-5-14-7(6)8(9)13(10,11-2)12-3/h4-5,8-9H,1-3H3. The van der Waals surface area contributed by atoms with Crippen LogP contribution < -0.4 is 0 Å². The van der Waals surface area contributed by atoms with Gasteiger partial charge in [0.1, 0.15) is 0 Å². The van der Waals surface area contributed by atoms with Gasteiger partial charge in [0, 0.05) is 19.1 Å². The summed E-state index contributed by atoms with van der Waals surface area (Å²) in [5.74, 6) is -1.20. The summed E-state index contributed by atoms with van der Waals surface area (Å²) in [6, 6.07) is 1.85.